The van der Waals surface area contributed by atoms with Crippen LogP contribution in [0.1, 0.15) is 55.7 Å². The number of hydrogen-bond acceptors (Lipinski definition) is 5. The molecule has 5 rings (SSSR count). The summed E-state index contributed by atoms with van der Waals surface area (Å²) < 4.78 is 11.4. The Morgan fingerprint density at radius 1 is 1.12 bits per heavy atom. The van der Waals surface area contributed by atoms with Crippen molar-refractivity contribution < 1.29 is 24.2 Å². The number of H-pyrrole nitrogens is 1. The number of carbonyl (C=O) groups excluding carboxylic acids is 1. The largest absolute Gasteiger partial charge is 0.494 e. The van der Waals surface area contributed by atoms with Crippen LogP contribution >= 0.6 is 0 Å². The third-order valence-corrected chi connectivity index (χ3v) is 8.10. The van der Waals surface area contributed by atoms with Crippen molar-refractivity contribution in [1.29, 1.82) is 0 Å². The molecule has 0 radical (unpaired) electrons. The minimum atomic E-state index is -1.08. The van der Waals surface area contributed by atoms with Gasteiger partial charge in [0.15, 0.2) is 0 Å². The Bertz CT molecular complexity index is 1420. The first-order valence-corrected chi connectivity index (χ1v) is 14.1. The van der Waals surface area contributed by atoms with Crippen LogP contribution < -0.4 is 4.74 Å². The average molecular weight is 546 g/mol. The van der Waals surface area contributed by atoms with E-state index in [0.29, 0.717) is 23.6 Å². The maximum absolute atomic E-state index is 14.2. The molecule has 8 heteroatoms. The number of aromatic nitrogens is 1. The Labute approximate surface area is 235 Å². The summed E-state index contributed by atoms with van der Waals surface area (Å²) in [5, 5.41) is 11.3. The van der Waals surface area contributed by atoms with Gasteiger partial charge in [0.25, 0.3) is 5.91 Å². The number of carboxylic acids is 1. The number of nitrogens with zero attached hydrogens (tertiary/aromatic N) is 2. The lowest BCUT2D eigenvalue weighted by molar-refractivity contribution is -0.130. The number of hydrogen-bond donors (Lipinski definition) is 2. The predicted octanol–water partition coefficient (Wildman–Crippen LogP) is 5.15. The molecule has 2 N–H and O–H groups in total. The standard InChI is InChI=1S/C32H39N3O5/c1-21(2)29-32(3,4)27-24-11-5-6-12-26(24)33-28(27)25(31(37)38)20-35(29)30(36)22-9-7-10-23(19-22)40-16-8-13-34-14-17-39-18-15-34/h5-7,9-12,19-21,29,33H,8,13-18H2,1-4H3,(H,37,38). The Balaban J connectivity index is 1.45. The summed E-state index contributed by atoms with van der Waals surface area (Å²) in [5.74, 6) is -0.659. The van der Waals surface area contributed by atoms with Crippen molar-refractivity contribution in [2.45, 2.75) is 45.6 Å². The van der Waals surface area contributed by atoms with Crippen LogP contribution in [0.2, 0.25) is 0 Å². The summed E-state index contributed by atoms with van der Waals surface area (Å²) in [6.07, 6.45) is 2.40. The Hall–Kier alpha value is -3.62. The van der Waals surface area contributed by atoms with Crippen LogP contribution in [-0.4, -0.2) is 77.3 Å². The summed E-state index contributed by atoms with van der Waals surface area (Å²) in [6.45, 7) is 13.3. The van der Waals surface area contributed by atoms with Gasteiger partial charge >= 0.3 is 5.97 Å². The molecule has 2 aliphatic heterocycles. The van der Waals surface area contributed by atoms with Crippen molar-refractivity contribution in [2.75, 3.05) is 39.5 Å². The number of rotatable bonds is 8. The highest BCUT2D eigenvalue weighted by molar-refractivity contribution is 6.17. The van der Waals surface area contributed by atoms with E-state index in [1.807, 2.05) is 36.4 Å². The Morgan fingerprint density at radius 3 is 2.60 bits per heavy atom. The first kappa shape index (κ1) is 27.9. The van der Waals surface area contributed by atoms with Crippen molar-refractivity contribution in [3.8, 4) is 5.75 Å². The highest BCUT2D eigenvalue weighted by atomic mass is 16.5. The zero-order valence-electron chi connectivity index (χ0n) is 23.8. The molecule has 2 aromatic carbocycles. The molecule has 40 heavy (non-hydrogen) atoms. The van der Waals surface area contributed by atoms with Gasteiger partial charge in [0.1, 0.15) is 5.75 Å². The molecule has 1 atom stereocenters. The van der Waals surface area contributed by atoms with E-state index in [9.17, 15) is 14.7 Å². The number of aliphatic carboxylic acids is 1. The Kier molecular flexibility index (Phi) is 8.01. The molecule has 1 amide bonds. The van der Waals surface area contributed by atoms with Crippen molar-refractivity contribution in [3.63, 3.8) is 0 Å². The molecule has 8 nitrogen and oxygen atoms in total. The number of fused-ring (bicyclic) bond motifs is 3. The molecule has 0 saturated carbocycles. The minimum Gasteiger partial charge on any atom is -0.494 e. The van der Waals surface area contributed by atoms with Crippen LogP contribution in [0.25, 0.3) is 16.5 Å². The highest BCUT2D eigenvalue weighted by Crippen LogP contribution is 2.45. The molecule has 0 aliphatic carbocycles. The second-order valence-electron chi connectivity index (χ2n) is 11.6. The van der Waals surface area contributed by atoms with E-state index in [4.69, 9.17) is 9.47 Å². The molecular weight excluding hydrogens is 506 g/mol. The topological polar surface area (TPSA) is 95.1 Å². The predicted molar refractivity (Wildman–Crippen MR) is 156 cm³/mol. The van der Waals surface area contributed by atoms with E-state index in [2.05, 4.69) is 37.6 Å². The molecule has 2 aliphatic rings. The number of nitrogens with one attached hydrogen (secondary N) is 1. The summed E-state index contributed by atoms with van der Waals surface area (Å²) in [5.41, 5.74) is 2.34. The van der Waals surface area contributed by atoms with Crippen molar-refractivity contribution in [1.82, 2.24) is 14.8 Å². The second kappa shape index (κ2) is 11.5. The maximum Gasteiger partial charge on any atom is 0.339 e. The SMILES string of the molecule is CC(C)C1N(C(=O)c2cccc(OCCCN3CCOCC3)c2)C=C(C(=O)O)c2[nH]c3ccccc3c2C1(C)C. The summed E-state index contributed by atoms with van der Waals surface area (Å²) >= 11 is 0. The highest BCUT2D eigenvalue weighted by Gasteiger charge is 2.45. The van der Waals surface area contributed by atoms with Gasteiger partial charge in [-0.25, -0.2) is 4.79 Å². The molecule has 1 saturated heterocycles. The van der Waals surface area contributed by atoms with Crippen molar-refractivity contribution >= 4 is 28.4 Å². The first-order valence-electron chi connectivity index (χ1n) is 14.1. The summed E-state index contributed by atoms with van der Waals surface area (Å²) in [7, 11) is 0. The zero-order valence-corrected chi connectivity index (χ0v) is 23.8. The fraction of sp³-hybridized carbons (Fsp3) is 0.438. The average Bonchev–Trinajstić information content (AvgIpc) is 3.28. The lowest BCUT2D eigenvalue weighted by Gasteiger charge is -2.42. The quantitative estimate of drug-likeness (QED) is 0.380. The molecule has 3 heterocycles. The van der Waals surface area contributed by atoms with Crippen LogP contribution in [-0.2, 0) is 14.9 Å². The molecule has 3 aromatic rings. The molecular formula is C32H39N3O5. The number of para-hydroxylation sites is 1. The number of ether oxygens (including phenoxy) is 2. The van der Waals surface area contributed by atoms with E-state index >= 15 is 0 Å². The number of carboxylic acid groups (broad SMARTS) is 1. The van der Waals surface area contributed by atoms with Gasteiger partial charge in [-0.2, -0.15) is 0 Å². The van der Waals surface area contributed by atoms with Gasteiger partial charge in [0.2, 0.25) is 0 Å². The lowest BCUT2D eigenvalue weighted by atomic mass is 9.71. The van der Waals surface area contributed by atoms with E-state index in [1.54, 1.807) is 17.0 Å². The van der Waals surface area contributed by atoms with Crippen LogP contribution in [0.4, 0.5) is 0 Å². The zero-order chi connectivity index (χ0) is 28.4. The molecule has 212 valence electrons. The third kappa shape index (κ3) is 5.38. The molecule has 1 aromatic heterocycles. The van der Waals surface area contributed by atoms with Crippen LogP contribution in [0, 0.1) is 5.92 Å². The fourth-order valence-electron chi connectivity index (χ4n) is 6.47. The van der Waals surface area contributed by atoms with Gasteiger partial charge < -0.3 is 24.5 Å². The van der Waals surface area contributed by atoms with Crippen LogP contribution in [0.5, 0.6) is 5.75 Å². The third-order valence-electron chi connectivity index (χ3n) is 8.10. The normalized spacial score (nSPS) is 19.3. The molecule has 1 unspecified atom stereocenters. The van der Waals surface area contributed by atoms with E-state index in [1.165, 1.54) is 6.20 Å². The van der Waals surface area contributed by atoms with Gasteiger partial charge in [-0.1, -0.05) is 52.0 Å². The van der Waals surface area contributed by atoms with Gasteiger partial charge in [-0.05, 0) is 42.2 Å². The Morgan fingerprint density at radius 2 is 1.88 bits per heavy atom. The lowest BCUT2D eigenvalue weighted by Crippen LogP contribution is -2.50. The van der Waals surface area contributed by atoms with Gasteiger partial charge in [-0.15, -0.1) is 0 Å². The fourth-order valence-corrected chi connectivity index (χ4v) is 6.47. The van der Waals surface area contributed by atoms with Gasteiger partial charge in [0.05, 0.1) is 31.1 Å². The van der Waals surface area contributed by atoms with Gasteiger partial charge in [-0.3, -0.25) is 9.69 Å². The monoisotopic (exact) mass is 545 g/mol. The van der Waals surface area contributed by atoms with Crippen molar-refractivity contribution in [3.05, 3.63) is 71.6 Å². The van der Waals surface area contributed by atoms with Crippen molar-refractivity contribution in [2.24, 2.45) is 5.92 Å². The van der Waals surface area contributed by atoms with E-state index in [0.717, 1.165) is 55.7 Å². The number of benzene rings is 2. The number of aromatic amines is 1. The summed E-state index contributed by atoms with van der Waals surface area (Å²) in [6, 6.07) is 14.8. The minimum absolute atomic E-state index is 0.0458. The maximum atomic E-state index is 14.2. The van der Waals surface area contributed by atoms with Crippen LogP contribution in [0.3, 0.4) is 0 Å². The number of carbonyl (C=O) groups is 2. The number of morpholine rings is 1. The second-order valence-corrected chi connectivity index (χ2v) is 11.6. The summed E-state index contributed by atoms with van der Waals surface area (Å²) in [4.78, 5) is 34.1. The number of amides is 1. The first-order chi connectivity index (χ1) is 19.2. The van der Waals surface area contributed by atoms with Gasteiger partial charge in [0, 0.05) is 53.8 Å². The molecule has 0 spiro atoms. The van der Waals surface area contributed by atoms with E-state index in [-0.39, 0.29) is 23.4 Å². The molecule has 1 fully saturated rings. The van der Waals surface area contributed by atoms with E-state index < -0.39 is 11.4 Å². The smallest absolute Gasteiger partial charge is 0.339 e. The molecule has 0 bridgehead atoms. The van der Waals surface area contributed by atoms with Crippen LogP contribution in [0.15, 0.2) is 54.7 Å².